The fourth-order valence-corrected chi connectivity index (χ4v) is 11.5. The molecule has 0 aromatic rings. The van der Waals surface area contributed by atoms with Crippen LogP contribution in [0, 0.1) is 0 Å². The highest BCUT2D eigenvalue weighted by Gasteiger charge is 2.30. The summed E-state index contributed by atoms with van der Waals surface area (Å²) >= 11 is 0. The van der Waals surface area contributed by atoms with Gasteiger partial charge in [0.15, 0.2) is 12.2 Å². The molecule has 0 aliphatic heterocycles. The monoisotopic (exact) mass is 1440 g/mol. The van der Waals surface area contributed by atoms with E-state index in [0.717, 1.165) is 186 Å². The van der Waals surface area contributed by atoms with Gasteiger partial charge in [-0.25, -0.2) is 9.13 Å². The molecule has 0 fully saturated rings. The average molecular weight is 1450 g/mol. The number of unbranched alkanes of at least 4 members (excludes halogenated alkanes) is 26. The number of carbonyl (C=O) groups excluding carboxylic acids is 4. The SMILES string of the molecule is CC/C=C\C/C=C\C/C=C\C/C=C\C/C=C\CCCCCC(=O)OCC(COP(=O)(O)OCC(O)COP(=O)(O)OCC(COC(=O)CCCCCCCC/C=C\C/C=C\C/C=C\CCCCC)OC(=O)CCCCCCC/C=C\CCCC)OC(=O)CCCCCCC/C=C\CCCC. The predicted octanol–water partition coefficient (Wildman–Crippen LogP) is 22.3. The number of esters is 4. The van der Waals surface area contributed by atoms with Crippen LogP contribution in [0.1, 0.15) is 310 Å². The van der Waals surface area contributed by atoms with E-state index in [9.17, 15) is 43.2 Å². The van der Waals surface area contributed by atoms with Crippen LogP contribution in [0.25, 0.3) is 0 Å². The number of ether oxygens (including phenoxy) is 4. The van der Waals surface area contributed by atoms with E-state index in [1.807, 2.05) is 0 Å². The summed E-state index contributed by atoms with van der Waals surface area (Å²) in [4.78, 5) is 72.8. The van der Waals surface area contributed by atoms with Gasteiger partial charge in [0.25, 0.3) is 0 Å². The molecule has 0 heterocycles. The maximum Gasteiger partial charge on any atom is 0.472 e. The van der Waals surface area contributed by atoms with Gasteiger partial charge in [-0.15, -0.1) is 0 Å². The lowest BCUT2D eigenvalue weighted by Gasteiger charge is -2.21. The van der Waals surface area contributed by atoms with Crippen molar-refractivity contribution in [3.05, 3.63) is 122 Å². The Morgan fingerprint density at radius 2 is 0.530 bits per heavy atom. The molecule has 0 saturated carbocycles. The molecule has 0 aliphatic carbocycles. The predicted molar refractivity (Wildman–Crippen MR) is 408 cm³/mol. The largest absolute Gasteiger partial charge is 0.472 e. The number of aliphatic hydroxyl groups excluding tert-OH is 1. The molecule has 0 saturated heterocycles. The van der Waals surface area contributed by atoms with Crippen LogP contribution in [0.4, 0.5) is 0 Å². The standard InChI is InChI=1S/C81H138O17P2/c1-5-9-13-17-21-25-29-31-33-35-37-39-41-43-47-49-53-57-61-65-78(83)91-71-76(97-80(85)67-63-59-55-51-45-27-23-19-15-11-7-3)73-95-99(87,88)93-69-75(82)70-94-100(89,90)96-74-77(98-81(86)68-64-60-56-52-46-28-24-20-16-12-8-4)72-92-79(84)66-62-58-54-50-48-44-42-40-38-36-34-32-30-26-22-18-14-10-6-2/h9,13,19-26,31-34,37-40,43,47,75-77,82H,5-8,10-12,14-18,27-30,35-36,41-42,44-46,48-74H2,1-4H3,(H,87,88)(H,89,90)/b13-9-,23-19-,24-20-,25-21-,26-22-,33-31-,34-32-,39-37-,40-38-,47-43-. The number of carbonyl (C=O) groups is 4. The smallest absolute Gasteiger partial charge is 0.462 e. The zero-order valence-electron chi connectivity index (χ0n) is 62.6. The topological polar surface area (TPSA) is 237 Å². The molecule has 574 valence electrons. The van der Waals surface area contributed by atoms with Crippen LogP contribution in [0.3, 0.4) is 0 Å². The van der Waals surface area contributed by atoms with Crippen molar-refractivity contribution in [3.63, 3.8) is 0 Å². The minimum absolute atomic E-state index is 0.0744. The summed E-state index contributed by atoms with van der Waals surface area (Å²) in [6.45, 7) is 4.58. The second kappa shape index (κ2) is 72.8. The molecule has 0 radical (unpaired) electrons. The van der Waals surface area contributed by atoms with Crippen molar-refractivity contribution in [2.45, 2.75) is 329 Å². The lowest BCUT2D eigenvalue weighted by atomic mass is 10.1. The summed E-state index contributed by atoms with van der Waals surface area (Å²) in [5, 5.41) is 10.6. The van der Waals surface area contributed by atoms with Crippen molar-refractivity contribution in [2.75, 3.05) is 39.6 Å². The van der Waals surface area contributed by atoms with Crippen LogP contribution in [-0.4, -0.2) is 96.7 Å². The van der Waals surface area contributed by atoms with Crippen molar-refractivity contribution >= 4 is 39.5 Å². The lowest BCUT2D eigenvalue weighted by molar-refractivity contribution is -0.161. The molecule has 3 N–H and O–H groups in total. The van der Waals surface area contributed by atoms with E-state index in [1.165, 1.54) is 44.9 Å². The summed E-state index contributed by atoms with van der Waals surface area (Å²) in [7, 11) is -9.96. The average Bonchev–Trinajstić information content (AvgIpc) is 0.953. The Hall–Kier alpha value is -4.54. The van der Waals surface area contributed by atoms with Crippen molar-refractivity contribution < 1.29 is 80.2 Å². The van der Waals surface area contributed by atoms with Crippen molar-refractivity contribution in [1.29, 1.82) is 0 Å². The highest BCUT2D eigenvalue weighted by molar-refractivity contribution is 7.47. The van der Waals surface area contributed by atoms with Crippen LogP contribution < -0.4 is 0 Å². The molecule has 0 aromatic heterocycles. The molecule has 0 rings (SSSR count). The van der Waals surface area contributed by atoms with Gasteiger partial charge in [-0.3, -0.25) is 37.3 Å². The van der Waals surface area contributed by atoms with E-state index in [4.69, 9.17) is 37.0 Å². The van der Waals surface area contributed by atoms with Crippen LogP contribution in [0.5, 0.6) is 0 Å². The van der Waals surface area contributed by atoms with Crippen LogP contribution in [-0.2, 0) is 65.4 Å². The summed E-state index contributed by atoms with van der Waals surface area (Å²) in [6.07, 6.45) is 79.1. The minimum Gasteiger partial charge on any atom is -0.462 e. The van der Waals surface area contributed by atoms with Gasteiger partial charge >= 0.3 is 39.5 Å². The van der Waals surface area contributed by atoms with Gasteiger partial charge < -0.3 is 33.8 Å². The van der Waals surface area contributed by atoms with E-state index in [2.05, 4.69) is 149 Å². The van der Waals surface area contributed by atoms with Crippen LogP contribution in [0.15, 0.2) is 122 Å². The van der Waals surface area contributed by atoms with E-state index in [0.29, 0.717) is 25.7 Å². The first-order valence-corrected chi connectivity index (χ1v) is 41.8. The van der Waals surface area contributed by atoms with Crippen LogP contribution >= 0.6 is 15.6 Å². The van der Waals surface area contributed by atoms with Gasteiger partial charge in [-0.05, 0) is 148 Å². The summed E-state index contributed by atoms with van der Waals surface area (Å²) in [5.41, 5.74) is 0. The quantitative estimate of drug-likeness (QED) is 0.0169. The molecule has 5 atom stereocenters. The number of phosphoric ester groups is 2. The Balaban J connectivity index is 5.31. The van der Waals surface area contributed by atoms with Crippen LogP contribution in [0.2, 0.25) is 0 Å². The summed E-state index contributed by atoms with van der Waals surface area (Å²) in [5.74, 6) is -2.24. The van der Waals surface area contributed by atoms with E-state index < -0.39 is 97.5 Å². The van der Waals surface area contributed by atoms with Gasteiger partial charge in [0.2, 0.25) is 0 Å². The number of phosphoric acid groups is 2. The Bertz CT molecular complexity index is 2370. The number of aliphatic hydroxyl groups is 1. The highest BCUT2D eigenvalue weighted by Crippen LogP contribution is 2.45. The normalized spacial score (nSPS) is 14.6. The third-order valence-electron chi connectivity index (χ3n) is 15.9. The van der Waals surface area contributed by atoms with Gasteiger partial charge in [0.1, 0.15) is 19.3 Å². The molecule has 0 spiro atoms. The number of hydrogen-bond donors (Lipinski definition) is 3. The van der Waals surface area contributed by atoms with Gasteiger partial charge in [0, 0.05) is 25.7 Å². The zero-order chi connectivity index (χ0) is 73.2. The van der Waals surface area contributed by atoms with E-state index in [1.54, 1.807) is 0 Å². The lowest BCUT2D eigenvalue weighted by Crippen LogP contribution is -2.30. The van der Waals surface area contributed by atoms with Gasteiger partial charge in [0.05, 0.1) is 26.4 Å². The van der Waals surface area contributed by atoms with E-state index >= 15 is 0 Å². The maximum atomic E-state index is 13.1. The molecule has 100 heavy (non-hydrogen) atoms. The first kappa shape index (κ1) is 95.5. The number of hydrogen-bond acceptors (Lipinski definition) is 15. The molecule has 0 bridgehead atoms. The Morgan fingerprint density at radius 1 is 0.290 bits per heavy atom. The zero-order valence-corrected chi connectivity index (χ0v) is 64.4. The minimum atomic E-state index is -4.98. The summed E-state index contributed by atoms with van der Waals surface area (Å²) < 4.78 is 68.4. The highest BCUT2D eigenvalue weighted by atomic mass is 31.2. The third kappa shape index (κ3) is 71.8. The van der Waals surface area contributed by atoms with Crippen molar-refractivity contribution in [1.82, 2.24) is 0 Å². The maximum absolute atomic E-state index is 13.1. The summed E-state index contributed by atoms with van der Waals surface area (Å²) in [6, 6.07) is 0. The van der Waals surface area contributed by atoms with Gasteiger partial charge in [-0.2, -0.15) is 0 Å². The molecular formula is C81H138O17P2. The third-order valence-corrected chi connectivity index (χ3v) is 17.8. The Labute approximate surface area is 606 Å². The van der Waals surface area contributed by atoms with E-state index in [-0.39, 0.29) is 25.7 Å². The number of allylic oxidation sites excluding steroid dienone is 20. The first-order chi connectivity index (χ1) is 48.7. The molecule has 0 aromatic carbocycles. The molecule has 5 unspecified atom stereocenters. The van der Waals surface area contributed by atoms with Gasteiger partial charge in [-0.1, -0.05) is 258 Å². The second-order valence-electron chi connectivity index (χ2n) is 25.6. The second-order valence-corrected chi connectivity index (χ2v) is 28.5. The fraction of sp³-hybridized carbons (Fsp3) is 0.704. The Morgan fingerprint density at radius 3 is 0.850 bits per heavy atom. The fourth-order valence-electron chi connectivity index (χ4n) is 9.92. The molecule has 0 aliphatic rings. The Kier molecular flexibility index (Phi) is 69.5. The molecule has 19 heteroatoms. The number of rotatable bonds is 72. The van der Waals surface area contributed by atoms with Crippen molar-refractivity contribution in [2.24, 2.45) is 0 Å². The molecular weight excluding hydrogens is 1310 g/mol. The molecule has 0 amide bonds. The van der Waals surface area contributed by atoms with Crippen molar-refractivity contribution in [3.8, 4) is 0 Å². The first-order valence-electron chi connectivity index (χ1n) is 38.8. The molecule has 17 nitrogen and oxygen atoms in total.